The van der Waals surface area contributed by atoms with E-state index in [0.717, 1.165) is 0 Å². The van der Waals surface area contributed by atoms with Crippen molar-refractivity contribution >= 4 is 97.0 Å². The lowest BCUT2D eigenvalue weighted by Gasteiger charge is -2.22. The molecule has 266 valence electrons. The molecule has 0 aromatic heterocycles. The first kappa shape index (κ1) is 32.0. The maximum absolute atomic E-state index is 2.41. The highest BCUT2D eigenvalue weighted by molar-refractivity contribution is 6.32. The summed E-state index contributed by atoms with van der Waals surface area (Å²) in [6.07, 6.45) is 0. The summed E-state index contributed by atoms with van der Waals surface area (Å²) in [6.45, 7) is 13.8. The van der Waals surface area contributed by atoms with Crippen LogP contribution in [0.4, 0.5) is 0 Å². The summed E-state index contributed by atoms with van der Waals surface area (Å²) in [5.41, 5.74) is 8.13. The standard InChI is InChI=1S/C56H42/c1-55(2,3)39-27-35-9-7-31-11-19-41(45-25-17-37(29-39)49(35)51(31)45)43-21-13-33-16-24-48-44(22-14-34-15-23-47(43)53(33)54(34)48)42-20-12-32-8-10-36-28-40(56(4,5)6)30-38-18-26-46(42)52(32)50(36)38/h7-30H,1-6H3. The van der Waals surface area contributed by atoms with E-state index in [2.05, 4.69) is 187 Å². The van der Waals surface area contributed by atoms with Gasteiger partial charge in [-0.2, -0.15) is 0 Å². The van der Waals surface area contributed by atoms with Crippen molar-refractivity contribution in [3.05, 3.63) is 157 Å². The van der Waals surface area contributed by atoms with Crippen molar-refractivity contribution in [1.29, 1.82) is 0 Å². The molecule has 12 aromatic rings. The minimum Gasteiger partial charge on any atom is -0.0561 e. The number of benzene rings is 12. The van der Waals surface area contributed by atoms with Gasteiger partial charge < -0.3 is 0 Å². The van der Waals surface area contributed by atoms with Crippen molar-refractivity contribution in [2.24, 2.45) is 0 Å². The molecule has 0 unspecified atom stereocenters. The van der Waals surface area contributed by atoms with Gasteiger partial charge in [0.25, 0.3) is 0 Å². The van der Waals surface area contributed by atoms with Crippen LogP contribution in [0, 0.1) is 0 Å². The highest BCUT2D eigenvalue weighted by atomic mass is 14.3. The van der Waals surface area contributed by atoms with Crippen LogP contribution in [0.2, 0.25) is 0 Å². The zero-order chi connectivity index (χ0) is 37.8. The van der Waals surface area contributed by atoms with Crippen molar-refractivity contribution in [1.82, 2.24) is 0 Å². The van der Waals surface area contributed by atoms with Gasteiger partial charge >= 0.3 is 0 Å². The molecule has 0 bridgehead atoms. The molecule has 0 amide bonds. The molecule has 0 saturated heterocycles. The molecule has 56 heavy (non-hydrogen) atoms. The smallest absolute Gasteiger partial charge is 0.00203 e. The van der Waals surface area contributed by atoms with E-state index >= 15 is 0 Å². The molecule has 0 atom stereocenters. The molecule has 0 spiro atoms. The zero-order valence-electron chi connectivity index (χ0n) is 32.9. The average molecular weight is 715 g/mol. The molecule has 0 aliphatic carbocycles. The second kappa shape index (κ2) is 10.7. The zero-order valence-corrected chi connectivity index (χ0v) is 32.9. The maximum atomic E-state index is 2.41. The molecule has 0 fully saturated rings. The lowest BCUT2D eigenvalue weighted by Crippen LogP contribution is -2.10. The van der Waals surface area contributed by atoms with E-state index in [1.165, 1.54) is 130 Å². The number of hydrogen-bond acceptors (Lipinski definition) is 0. The fraction of sp³-hybridized carbons (Fsp3) is 0.143. The van der Waals surface area contributed by atoms with Crippen molar-refractivity contribution in [2.75, 3.05) is 0 Å². The molecule has 0 aliphatic rings. The van der Waals surface area contributed by atoms with Gasteiger partial charge in [0.2, 0.25) is 0 Å². The van der Waals surface area contributed by atoms with E-state index in [-0.39, 0.29) is 10.8 Å². The van der Waals surface area contributed by atoms with Crippen LogP contribution in [-0.2, 0) is 10.8 Å². The van der Waals surface area contributed by atoms with E-state index in [1.54, 1.807) is 0 Å². The third-order valence-electron chi connectivity index (χ3n) is 13.2. The minimum absolute atomic E-state index is 0.0909. The Morgan fingerprint density at radius 1 is 0.232 bits per heavy atom. The first-order valence-electron chi connectivity index (χ1n) is 20.2. The molecule has 0 heteroatoms. The second-order valence-electron chi connectivity index (χ2n) is 18.5. The van der Waals surface area contributed by atoms with E-state index in [0.29, 0.717) is 0 Å². The lowest BCUT2D eigenvalue weighted by molar-refractivity contribution is 0.591. The first-order valence-corrected chi connectivity index (χ1v) is 20.2. The van der Waals surface area contributed by atoms with Crippen LogP contribution in [0.1, 0.15) is 52.7 Å². The van der Waals surface area contributed by atoms with Gasteiger partial charge in [0.05, 0.1) is 0 Å². The summed E-state index contributed by atoms with van der Waals surface area (Å²) in [5, 5.41) is 24.0. The summed E-state index contributed by atoms with van der Waals surface area (Å²) in [6, 6.07) is 56.6. The summed E-state index contributed by atoms with van der Waals surface area (Å²) in [5.74, 6) is 0. The Morgan fingerprint density at radius 2 is 0.446 bits per heavy atom. The summed E-state index contributed by atoms with van der Waals surface area (Å²) < 4.78 is 0. The fourth-order valence-corrected chi connectivity index (χ4v) is 10.2. The molecule has 0 saturated carbocycles. The Kier molecular flexibility index (Phi) is 6.15. The summed E-state index contributed by atoms with van der Waals surface area (Å²) in [4.78, 5) is 0. The molecule has 0 heterocycles. The Labute approximate surface area is 327 Å². The molecule has 12 aromatic carbocycles. The number of hydrogen-bond donors (Lipinski definition) is 0. The van der Waals surface area contributed by atoms with Crippen LogP contribution in [0.3, 0.4) is 0 Å². The van der Waals surface area contributed by atoms with Gasteiger partial charge in [0.1, 0.15) is 0 Å². The topological polar surface area (TPSA) is 0 Å². The molecule has 12 rings (SSSR count). The van der Waals surface area contributed by atoms with Crippen LogP contribution in [0.15, 0.2) is 146 Å². The van der Waals surface area contributed by atoms with E-state index in [4.69, 9.17) is 0 Å². The van der Waals surface area contributed by atoms with Crippen molar-refractivity contribution in [3.63, 3.8) is 0 Å². The third-order valence-corrected chi connectivity index (χ3v) is 13.2. The first-order chi connectivity index (χ1) is 27.0. The van der Waals surface area contributed by atoms with Gasteiger partial charge in [-0.3, -0.25) is 0 Å². The van der Waals surface area contributed by atoms with Crippen LogP contribution < -0.4 is 0 Å². The number of rotatable bonds is 2. The van der Waals surface area contributed by atoms with E-state index in [1.807, 2.05) is 0 Å². The van der Waals surface area contributed by atoms with Gasteiger partial charge in [-0.15, -0.1) is 0 Å². The normalized spacial score (nSPS) is 13.2. The van der Waals surface area contributed by atoms with E-state index < -0.39 is 0 Å². The molecule has 0 radical (unpaired) electrons. The molecule has 0 nitrogen and oxygen atoms in total. The second-order valence-corrected chi connectivity index (χ2v) is 18.5. The molecular weight excluding hydrogens is 673 g/mol. The summed E-state index contributed by atoms with van der Waals surface area (Å²) >= 11 is 0. The third kappa shape index (κ3) is 4.30. The van der Waals surface area contributed by atoms with Gasteiger partial charge in [-0.25, -0.2) is 0 Å². The van der Waals surface area contributed by atoms with Crippen LogP contribution in [-0.4, -0.2) is 0 Å². The monoisotopic (exact) mass is 714 g/mol. The predicted octanol–water partition coefficient (Wildman–Crippen LogP) is 16.3. The van der Waals surface area contributed by atoms with Gasteiger partial charge in [0, 0.05) is 0 Å². The van der Waals surface area contributed by atoms with Gasteiger partial charge in [-0.05, 0) is 141 Å². The Bertz CT molecular complexity index is 3300. The minimum atomic E-state index is 0.0909. The predicted molar refractivity (Wildman–Crippen MR) is 246 cm³/mol. The van der Waals surface area contributed by atoms with Crippen molar-refractivity contribution in [3.8, 4) is 22.3 Å². The highest BCUT2D eigenvalue weighted by Crippen LogP contribution is 2.48. The van der Waals surface area contributed by atoms with Crippen molar-refractivity contribution in [2.45, 2.75) is 52.4 Å². The highest BCUT2D eigenvalue weighted by Gasteiger charge is 2.22. The van der Waals surface area contributed by atoms with E-state index in [9.17, 15) is 0 Å². The molecular formula is C56H42. The SMILES string of the molecule is CC(C)(C)c1cc2ccc3ccc(-c4ccc5ccc6c(-c7ccc8ccc9cc(C(C)(C)C)cc%10ccc7c8c9%10)ccc7ccc4c5c76)c4ccc(c1)c2c34. The van der Waals surface area contributed by atoms with Crippen LogP contribution >= 0.6 is 0 Å². The summed E-state index contributed by atoms with van der Waals surface area (Å²) in [7, 11) is 0. The van der Waals surface area contributed by atoms with Crippen LogP contribution in [0.5, 0.6) is 0 Å². The van der Waals surface area contributed by atoms with Gasteiger partial charge in [-0.1, -0.05) is 187 Å². The lowest BCUT2D eigenvalue weighted by atomic mass is 9.81. The maximum Gasteiger partial charge on any atom is -0.00203 e. The largest absolute Gasteiger partial charge is 0.0561 e. The van der Waals surface area contributed by atoms with Crippen molar-refractivity contribution < 1.29 is 0 Å². The quantitative estimate of drug-likeness (QED) is 0.156. The molecule has 0 aliphatic heterocycles. The Balaban J connectivity index is 1.10. The Hall–Kier alpha value is -6.24. The average Bonchev–Trinajstić information content (AvgIpc) is 3.20. The fourth-order valence-electron chi connectivity index (χ4n) is 10.2. The van der Waals surface area contributed by atoms with Crippen LogP contribution in [0.25, 0.3) is 119 Å². The van der Waals surface area contributed by atoms with Gasteiger partial charge in [0.15, 0.2) is 0 Å². The molecule has 0 N–H and O–H groups in total. The Morgan fingerprint density at radius 3 is 0.732 bits per heavy atom.